The summed E-state index contributed by atoms with van der Waals surface area (Å²) in [5.74, 6) is 0. The van der Waals surface area contributed by atoms with Crippen LogP contribution in [0.25, 0.3) is 0 Å². The third kappa shape index (κ3) is 2.73. The van der Waals surface area contributed by atoms with Crippen molar-refractivity contribution in [3.05, 3.63) is 0 Å². The smallest absolute Gasteiger partial charge is 0.0618 e. The molecule has 1 fully saturated rings. The Morgan fingerprint density at radius 1 is 1.50 bits per heavy atom. The van der Waals surface area contributed by atoms with E-state index in [4.69, 9.17) is 10.5 Å². The van der Waals surface area contributed by atoms with Gasteiger partial charge in [-0.05, 0) is 19.4 Å². The number of rotatable bonds is 4. The summed E-state index contributed by atoms with van der Waals surface area (Å²) in [5.41, 5.74) is 5.54. The van der Waals surface area contributed by atoms with Crippen molar-refractivity contribution in [1.82, 2.24) is 4.90 Å². The summed E-state index contributed by atoms with van der Waals surface area (Å²) >= 11 is 0. The van der Waals surface area contributed by atoms with E-state index < -0.39 is 0 Å². The third-order valence-electron chi connectivity index (χ3n) is 2.52. The minimum Gasteiger partial charge on any atom is -0.383 e. The van der Waals surface area contributed by atoms with Crippen LogP contribution in [0.15, 0.2) is 0 Å². The van der Waals surface area contributed by atoms with Gasteiger partial charge in [0.05, 0.1) is 6.61 Å². The summed E-state index contributed by atoms with van der Waals surface area (Å²) in [5, 5.41) is 0. The van der Waals surface area contributed by atoms with Gasteiger partial charge in [0.1, 0.15) is 0 Å². The second-order valence-electron chi connectivity index (χ2n) is 3.43. The molecular weight excluding hydrogens is 152 g/mol. The van der Waals surface area contributed by atoms with Crippen LogP contribution in [0.3, 0.4) is 0 Å². The molecule has 1 aliphatic rings. The zero-order chi connectivity index (χ0) is 8.81. The number of ether oxygens (including phenoxy) is 1. The Hall–Kier alpha value is -0.120. The molecule has 72 valence electrons. The maximum atomic E-state index is 5.54. The maximum Gasteiger partial charge on any atom is 0.0618 e. The molecule has 0 aromatic rings. The average molecular weight is 172 g/mol. The normalized spacial score (nSPS) is 26.0. The Morgan fingerprint density at radius 3 is 3.00 bits per heavy atom. The Kier molecular flexibility index (Phi) is 4.58. The maximum absolute atomic E-state index is 5.54. The van der Waals surface area contributed by atoms with E-state index in [9.17, 15) is 0 Å². The highest BCUT2D eigenvalue weighted by atomic mass is 16.5. The number of likely N-dealkylation sites (tertiary alicyclic amines) is 1. The number of nitrogens with two attached hydrogens (primary N) is 1. The van der Waals surface area contributed by atoms with Gasteiger partial charge in [0.2, 0.25) is 0 Å². The Morgan fingerprint density at radius 2 is 2.33 bits per heavy atom. The van der Waals surface area contributed by atoms with Crippen molar-refractivity contribution < 1.29 is 4.74 Å². The molecule has 0 aliphatic carbocycles. The molecule has 2 N–H and O–H groups in total. The third-order valence-corrected chi connectivity index (χ3v) is 2.52. The molecule has 0 radical (unpaired) electrons. The lowest BCUT2D eigenvalue weighted by molar-refractivity contribution is 0.0672. The molecule has 3 heteroatoms. The van der Waals surface area contributed by atoms with Gasteiger partial charge in [-0.15, -0.1) is 0 Å². The predicted molar refractivity (Wildman–Crippen MR) is 50.1 cm³/mol. The van der Waals surface area contributed by atoms with Gasteiger partial charge in [0.25, 0.3) is 0 Å². The van der Waals surface area contributed by atoms with Gasteiger partial charge < -0.3 is 10.5 Å². The van der Waals surface area contributed by atoms with E-state index in [1.54, 1.807) is 7.11 Å². The van der Waals surface area contributed by atoms with E-state index in [2.05, 4.69) is 4.90 Å². The molecule has 0 aromatic carbocycles. The van der Waals surface area contributed by atoms with Gasteiger partial charge in [-0.25, -0.2) is 0 Å². The van der Waals surface area contributed by atoms with Gasteiger partial charge in [-0.3, -0.25) is 4.90 Å². The van der Waals surface area contributed by atoms with Crippen molar-refractivity contribution >= 4 is 0 Å². The summed E-state index contributed by atoms with van der Waals surface area (Å²) in [4.78, 5) is 2.45. The van der Waals surface area contributed by atoms with Crippen molar-refractivity contribution in [2.45, 2.75) is 25.3 Å². The molecule has 0 aromatic heterocycles. The molecule has 1 unspecified atom stereocenters. The van der Waals surface area contributed by atoms with Gasteiger partial charge in [-0.1, -0.05) is 6.42 Å². The second-order valence-corrected chi connectivity index (χ2v) is 3.43. The quantitative estimate of drug-likeness (QED) is 0.669. The first kappa shape index (κ1) is 9.96. The van der Waals surface area contributed by atoms with E-state index in [0.29, 0.717) is 6.04 Å². The lowest BCUT2D eigenvalue weighted by atomic mass is 10.0. The molecule has 3 nitrogen and oxygen atoms in total. The summed E-state index contributed by atoms with van der Waals surface area (Å²) in [6.07, 6.45) is 3.93. The number of hydrogen-bond donors (Lipinski definition) is 1. The zero-order valence-corrected chi connectivity index (χ0v) is 7.96. The Bertz CT molecular complexity index is 101. The molecule has 0 spiro atoms. The highest BCUT2D eigenvalue weighted by Gasteiger charge is 2.20. The van der Waals surface area contributed by atoms with Crippen molar-refractivity contribution in [3.63, 3.8) is 0 Å². The first-order valence-corrected chi connectivity index (χ1v) is 4.81. The van der Waals surface area contributed by atoms with Gasteiger partial charge in [0, 0.05) is 26.2 Å². The molecule has 1 aliphatic heterocycles. The molecule has 1 atom stereocenters. The Balaban J connectivity index is 2.31. The highest BCUT2D eigenvalue weighted by molar-refractivity contribution is 4.76. The van der Waals surface area contributed by atoms with E-state index >= 15 is 0 Å². The van der Waals surface area contributed by atoms with Crippen molar-refractivity contribution in [3.8, 4) is 0 Å². The van der Waals surface area contributed by atoms with Crippen LogP contribution in [-0.2, 0) is 4.74 Å². The van der Waals surface area contributed by atoms with Crippen LogP contribution < -0.4 is 5.73 Å². The topological polar surface area (TPSA) is 38.5 Å². The molecule has 0 bridgehead atoms. The predicted octanol–water partition coefficient (Wildman–Crippen LogP) is 0.446. The lowest BCUT2D eigenvalue weighted by Gasteiger charge is -2.34. The number of piperidine rings is 1. The Labute approximate surface area is 74.9 Å². The molecular formula is C9H20N2O. The van der Waals surface area contributed by atoms with Crippen molar-refractivity contribution in [1.29, 1.82) is 0 Å². The summed E-state index contributed by atoms with van der Waals surface area (Å²) < 4.78 is 5.18. The first-order valence-electron chi connectivity index (χ1n) is 4.81. The summed E-state index contributed by atoms with van der Waals surface area (Å²) in [6.45, 7) is 3.85. The molecule has 12 heavy (non-hydrogen) atoms. The van der Waals surface area contributed by atoms with E-state index in [0.717, 1.165) is 19.7 Å². The second kappa shape index (κ2) is 5.51. The molecule has 0 amide bonds. The molecule has 0 saturated carbocycles. The summed E-state index contributed by atoms with van der Waals surface area (Å²) in [7, 11) is 1.77. The van der Waals surface area contributed by atoms with Crippen LogP contribution in [0.4, 0.5) is 0 Å². The lowest BCUT2D eigenvalue weighted by Crippen LogP contribution is -2.44. The van der Waals surface area contributed by atoms with E-state index in [1.807, 2.05) is 0 Å². The van der Waals surface area contributed by atoms with Crippen LogP contribution >= 0.6 is 0 Å². The number of hydrogen-bond acceptors (Lipinski definition) is 3. The monoisotopic (exact) mass is 172 g/mol. The van der Waals surface area contributed by atoms with Crippen LogP contribution in [0, 0.1) is 0 Å². The zero-order valence-electron chi connectivity index (χ0n) is 7.96. The molecule has 1 heterocycles. The standard InChI is InChI=1S/C9H20N2O/c1-12-8-9-4-2-3-6-11(9)7-5-10/h9H,2-8,10H2,1H3. The van der Waals surface area contributed by atoms with Crippen molar-refractivity contribution in [2.75, 3.05) is 33.4 Å². The van der Waals surface area contributed by atoms with Crippen LogP contribution in [0.1, 0.15) is 19.3 Å². The van der Waals surface area contributed by atoms with Gasteiger partial charge in [0.15, 0.2) is 0 Å². The van der Waals surface area contributed by atoms with Crippen LogP contribution in [-0.4, -0.2) is 44.3 Å². The SMILES string of the molecule is COCC1CCCCN1CCN. The van der Waals surface area contributed by atoms with Crippen molar-refractivity contribution in [2.24, 2.45) is 5.73 Å². The largest absolute Gasteiger partial charge is 0.383 e. The van der Waals surface area contributed by atoms with Gasteiger partial charge >= 0.3 is 0 Å². The highest BCUT2D eigenvalue weighted by Crippen LogP contribution is 2.16. The van der Waals surface area contributed by atoms with Crippen LogP contribution in [0.2, 0.25) is 0 Å². The molecule has 1 rings (SSSR count). The van der Waals surface area contributed by atoms with E-state index in [-0.39, 0.29) is 0 Å². The van der Waals surface area contributed by atoms with Crippen LogP contribution in [0.5, 0.6) is 0 Å². The minimum atomic E-state index is 0.618. The minimum absolute atomic E-state index is 0.618. The first-order chi connectivity index (χ1) is 5.88. The fourth-order valence-corrected chi connectivity index (χ4v) is 1.90. The average Bonchev–Trinajstić information content (AvgIpc) is 2.09. The van der Waals surface area contributed by atoms with E-state index in [1.165, 1.54) is 25.8 Å². The fraction of sp³-hybridized carbons (Fsp3) is 1.00. The molecule has 1 saturated heterocycles. The van der Waals surface area contributed by atoms with Gasteiger partial charge in [-0.2, -0.15) is 0 Å². The number of methoxy groups -OCH3 is 1. The number of nitrogens with zero attached hydrogens (tertiary/aromatic N) is 1. The summed E-state index contributed by atoms with van der Waals surface area (Å²) in [6, 6.07) is 0.618. The fourth-order valence-electron chi connectivity index (χ4n) is 1.90.